The van der Waals surface area contributed by atoms with E-state index in [2.05, 4.69) is 15.8 Å². The van der Waals surface area contributed by atoms with Gasteiger partial charge in [0, 0.05) is 34.7 Å². The number of nitrogens with zero attached hydrogens (tertiary/aromatic N) is 1. The zero-order valence-corrected chi connectivity index (χ0v) is 30.4. The lowest BCUT2D eigenvalue weighted by Crippen LogP contribution is -2.38. The van der Waals surface area contributed by atoms with Crippen molar-refractivity contribution < 1.29 is 47.5 Å². The van der Waals surface area contributed by atoms with Crippen LogP contribution in [0.15, 0.2) is 65.8 Å². The molecule has 2 aliphatic rings. The molecule has 0 bridgehead atoms. The molecule has 2 unspecified atom stereocenters. The highest BCUT2D eigenvalue weighted by molar-refractivity contribution is 6.31. The van der Waals surface area contributed by atoms with Crippen molar-refractivity contribution in [3.8, 4) is 46.0 Å². The molecule has 14 heteroatoms. The normalized spacial score (nSPS) is 16.0. The van der Waals surface area contributed by atoms with E-state index in [4.69, 9.17) is 54.3 Å². The van der Waals surface area contributed by atoms with Crippen LogP contribution in [-0.2, 0) is 4.84 Å². The summed E-state index contributed by atoms with van der Waals surface area (Å²) < 4.78 is 45.7. The zero-order chi connectivity index (χ0) is 36.8. The Labute approximate surface area is 306 Å². The first-order chi connectivity index (χ1) is 25.3. The molecule has 0 aliphatic carbocycles. The molecule has 2 heterocycles. The summed E-state index contributed by atoms with van der Waals surface area (Å²) in [6.07, 6.45) is 0.219. The van der Waals surface area contributed by atoms with Crippen LogP contribution in [0.2, 0.25) is 5.02 Å². The van der Waals surface area contributed by atoms with Crippen LogP contribution in [0.5, 0.6) is 46.0 Å². The Hall–Kier alpha value is -5.69. The molecular weight excluding hydrogens is 694 g/mol. The lowest BCUT2D eigenvalue weighted by molar-refractivity contribution is 0.0853. The van der Waals surface area contributed by atoms with Crippen LogP contribution in [-0.4, -0.2) is 67.5 Å². The summed E-state index contributed by atoms with van der Waals surface area (Å²) in [5.41, 5.74) is 4.30. The molecule has 0 saturated carbocycles. The Morgan fingerprint density at radius 3 is 1.98 bits per heavy atom. The van der Waals surface area contributed by atoms with E-state index < -0.39 is 6.17 Å². The molecule has 1 amide bonds. The van der Waals surface area contributed by atoms with Gasteiger partial charge in [-0.25, -0.2) is 0 Å². The predicted octanol–water partition coefficient (Wildman–Crippen LogP) is 6.96. The zero-order valence-electron chi connectivity index (χ0n) is 29.7. The van der Waals surface area contributed by atoms with E-state index in [9.17, 15) is 4.79 Å². The van der Waals surface area contributed by atoms with Gasteiger partial charge in [0.2, 0.25) is 11.5 Å². The van der Waals surface area contributed by atoms with Crippen LogP contribution in [0.25, 0.3) is 0 Å². The highest BCUT2D eigenvalue weighted by Crippen LogP contribution is 2.44. The molecule has 52 heavy (non-hydrogen) atoms. The van der Waals surface area contributed by atoms with Crippen molar-refractivity contribution in [2.45, 2.75) is 25.1 Å². The summed E-state index contributed by atoms with van der Waals surface area (Å²) in [5, 5.41) is 11.1. The standard InChI is InChI=1S/C38H40ClN3O10/c1-44-30-14-21(37-40-26-10-9-24(39)19-25(26)38(43)41-37)8-11-28(30)50-12-7-13-51-36-33(47-4)15-22(16-34(36)48-5)27-20-29(52-42-27)23-17-31(45-2)35(49-6)32(18-23)46-3/h8-11,14-19,29,37,40H,7,12-13,20H2,1-6H3,(H,41,43). The molecule has 0 spiro atoms. The summed E-state index contributed by atoms with van der Waals surface area (Å²) in [6, 6.07) is 18.1. The summed E-state index contributed by atoms with van der Waals surface area (Å²) in [5.74, 6) is 3.87. The minimum Gasteiger partial charge on any atom is -0.493 e. The number of ether oxygens (including phenoxy) is 8. The van der Waals surface area contributed by atoms with Crippen molar-refractivity contribution in [1.29, 1.82) is 0 Å². The van der Waals surface area contributed by atoms with Gasteiger partial charge in [-0.3, -0.25) is 4.79 Å². The molecule has 4 aromatic carbocycles. The predicted molar refractivity (Wildman–Crippen MR) is 195 cm³/mol. The van der Waals surface area contributed by atoms with Crippen molar-refractivity contribution in [3.63, 3.8) is 0 Å². The Kier molecular flexibility index (Phi) is 11.2. The van der Waals surface area contributed by atoms with Gasteiger partial charge in [-0.2, -0.15) is 0 Å². The minimum atomic E-state index is -0.453. The third-order valence-corrected chi connectivity index (χ3v) is 8.87. The number of methoxy groups -OCH3 is 6. The molecule has 0 aromatic heterocycles. The first kappa shape index (κ1) is 36.1. The third kappa shape index (κ3) is 7.49. The Bertz CT molecular complexity index is 1920. The van der Waals surface area contributed by atoms with Crippen LogP contribution in [0.4, 0.5) is 5.69 Å². The number of amides is 1. The third-order valence-electron chi connectivity index (χ3n) is 8.64. The minimum absolute atomic E-state index is 0.217. The fourth-order valence-electron chi connectivity index (χ4n) is 6.00. The van der Waals surface area contributed by atoms with Crippen LogP contribution >= 0.6 is 11.6 Å². The molecule has 13 nitrogen and oxygen atoms in total. The molecule has 2 atom stereocenters. The van der Waals surface area contributed by atoms with Crippen molar-refractivity contribution in [2.75, 3.05) is 61.2 Å². The van der Waals surface area contributed by atoms with Gasteiger partial charge in [0.05, 0.1) is 67.1 Å². The van der Waals surface area contributed by atoms with Gasteiger partial charge < -0.3 is 53.4 Å². The smallest absolute Gasteiger partial charge is 0.255 e. The highest BCUT2D eigenvalue weighted by Gasteiger charge is 2.29. The fraction of sp³-hybridized carbons (Fsp3) is 0.316. The van der Waals surface area contributed by atoms with Crippen LogP contribution in [0.1, 0.15) is 52.2 Å². The van der Waals surface area contributed by atoms with Crippen LogP contribution in [0.3, 0.4) is 0 Å². The van der Waals surface area contributed by atoms with E-state index in [1.54, 1.807) is 60.9 Å². The monoisotopic (exact) mass is 733 g/mol. The topological polar surface area (TPSA) is 137 Å². The number of hydrogen-bond acceptors (Lipinski definition) is 12. The van der Waals surface area contributed by atoms with Crippen molar-refractivity contribution in [2.24, 2.45) is 5.16 Å². The second-order valence-electron chi connectivity index (χ2n) is 11.7. The second-order valence-corrected chi connectivity index (χ2v) is 12.1. The second kappa shape index (κ2) is 16.1. The first-order valence-electron chi connectivity index (χ1n) is 16.4. The average Bonchev–Trinajstić information content (AvgIpc) is 3.67. The van der Waals surface area contributed by atoms with Gasteiger partial charge in [0.1, 0.15) is 6.17 Å². The van der Waals surface area contributed by atoms with E-state index in [0.717, 1.165) is 16.7 Å². The van der Waals surface area contributed by atoms with Crippen molar-refractivity contribution in [3.05, 3.63) is 87.9 Å². The first-order valence-corrected chi connectivity index (χ1v) is 16.8. The molecule has 6 rings (SSSR count). The molecular formula is C38H40ClN3O10. The lowest BCUT2D eigenvalue weighted by atomic mass is 9.99. The molecule has 4 aromatic rings. The molecule has 2 N–H and O–H groups in total. The highest BCUT2D eigenvalue weighted by atomic mass is 35.5. The van der Waals surface area contributed by atoms with Gasteiger partial charge in [0.15, 0.2) is 40.6 Å². The van der Waals surface area contributed by atoms with E-state index in [-0.39, 0.29) is 12.0 Å². The Balaban J connectivity index is 1.06. The van der Waals surface area contributed by atoms with Crippen LogP contribution < -0.4 is 48.5 Å². The van der Waals surface area contributed by atoms with Crippen LogP contribution in [0, 0.1) is 0 Å². The number of carbonyl (C=O) groups is 1. The van der Waals surface area contributed by atoms with Crippen molar-refractivity contribution >= 4 is 28.9 Å². The van der Waals surface area contributed by atoms with E-state index in [0.29, 0.717) is 94.0 Å². The lowest BCUT2D eigenvalue weighted by Gasteiger charge is -2.28. The summed E-state index contributed by atoms with van der Waals surface area (Å²) in [4.78, 5) is 18.5. The molecule has 0 saturated heterocycles. The summed E-state index contributed by atoms with van der Waals surface area (Å²) >= 11 is 6.07. The maximum absolute atomic E-state index is 12.7. The number of nitrogens with one attached hydrogen (secondary N) is 2. The van der Waals surface area contributed by atoms with E-state index in [1.807, 2.05) is 42.5 Å². The molecule has 0 radical (unpaired) electrons. The number of oxime groups is 1. The average molecular weight is 734 g/mol. The number of fused-ring (bicyclic) bond motifs is 1. The Morgan fingerprint density at radius 1 is 0.692 bits per heavy atom. The van der Waals surface area contributed by atoms with E-state index in [1.165, 1.54) is 0 Å². The largest absolute Gasteiger partial charge is 0.493 e. The number of rotatable bonds is 15. The molecule has 2 aliphatic heterocycles. The summed E-state index contributed by atoms with van der Waals surface area (Å²) in [6.45, 7) is 0.669. The molecule has 274 valence electrons. The van der Waals surface area contributed by atoms with Gasteiger partial charge in [-0.1, -0.05) is 22.8 Å². The number of hydrogen-bond donors (Lipinski definition) is 2. The SMILES string of the molecule is COc1cc(C2NC(=O)c3cc(Cl)ccc3N2)ccc1OCCCOc1c(OC)cc(C2=NOC(c3cc(OC)c(OC)c(OC)c3)C2)cc1OC. The van der Waals surface area contributed by atoms with E-state index >= 15 is 0 Å². The quantitative estimate of drug-likeness (QED) is 0.123. The van der Waals surface area contributed by atoms with Gasteiger partial charge in [-0.15, -0.1) is 0 Å². The van der Waals surface area contributed by atoms with Crippen molar-refractivity contribution in [1.82, 2.24) is 5.32 Å². The fourth-order valence-corrected chi connectivity index (χ4v) is 6.17. The number of carbonyl (C=O) groups excluding carboxylic acids is 1. The maximum atomic E-state index is 12.7. The Morgan fingerprint density at radius 2 is 1.33 bits per heavy atom. The molecule has 0 fully saturated rings. The van der Waals surface area contributed by atoms with Gasteiger partial charge >= 0.3 is 0 Å². The summed E-state index contributed by atoms with van der Waals surface area (Å²) in [7, 11) is 9.40. The maximum Gasteiger partial charge on any atom is 0.255 e. The number of benzene rings is 4. The van der Waals surface area contributed by atoms with Gasteiger partial charge in [0.25, 0.3) is 5.91 Å². The number of halogens is 1. The number of anilines is 1. The van der Waals surface area contributed by atoms with Gasteiger partial charge in [-0.05, 0) is 60.2 Å².